The summed E-state index contributed by atoms with van der Waals surface area (Å²) in [6, 6.07) is 10.3. The average Bonchev–Trinajstić information content (AvgIpc) is 3.63. The van der Waals surface area contributed by atoms with Crippen LogP contribution in [0.15, 0.2) is 36.5 Å². The molecule has 212 valence electrons. The summed E-state index contributed by atoms with van der Waals surface area (Å²) in [5, 5.41) is 16.0. The normalized spacial score (nSPS) is 16.2. The first kappa shape index (κ1) is 27.1. The van der Waals surface area contributed by atoms with Crippen molar-refractivity contribution in [3.8, 4) is 17.3 Å². The van der Waals surface area contributed by atoms with E-state index in [4.69, 9.17) is 14.8 Å². The summed E-state index contributed by atoms with van der Waals surface area (Å²) in [6.45, 7) is 6.79. The van der Waals surface area contributed by atoms with E-state index in [2.05, 4.69) is 22.0 Å². The Labute approximate surface area is 241 Å². The highest BCUT2D eigenvalue weighted by atomic mass is 32.1. The Morgan fingerprint density at radius 2 is 1.93 bits per heavy atom. The Hall–Kier alpha value is -4.08. The lowest BCUT2D eigenvalue weighted by molar-refractivity contribution is -0.138. The van der Waals surface area contributed by atoms with E-state index in [-0.39, 0.29) is 17.6 Å². The van der Waals surface area contributed by atoms with Crippen LogP contribution in [0, 0.1) is 23.1 Å². The maximum absolute atomic E-state index is 13.5. The Morgan fingerprint density at radius 1 is 1.20 bits per heavy atom. The number of anilines is 3. The standard InChI is InChI=1S/C29H31FN8O2S/c1-3-38-27(35(2)29-33-25(24(17-31)41-29)19-4-6-21(30)7-5-19)23-16-22(18-32-26(23)34-38)36-10-12-37(13-11-36)28(39)20-8-14-40-15-9-20/h4-7,16,18,20H,3,8-15H2,1-2H3. The van der Waals surface area contributed by atoms with Gasteiger partial charge in [0.1, 0.15) is 28.3 Å². The Kier molecular flexibility index (Phi) is 7.55. The predicted molar refractivity (Wildman–Crippen MR) is 156 cm³/mol. The first-order valence-electron chi connectivity index (χ1n) is 13.9. The molecule has 0 saturated carbocycles. The smallest absolute Gasteiger partial charge is 0.225 e. The minimum Gasteiger partial charge on any atom is -0.381 e. The number of nitriles is 1. The molecule has 0 unspecified atom stereocenters. The summed E-state index contributed by atoms with van der Waals surface area (Å²) < 4.78 is 20.8. The number of hydrogen-bond acceptors (Lipinski definition) is 9. The third-order valence-electron chi connectivity index (χ3n) is 7.82. The van der Waals surface area contributed by atoms with Gasteiger partial charge in [0.05, 0.1) is 17.3 Å². The maximum atomic E-state index is 13.5. The van der Waals surface area contributed by atoms with Crippen molar-refractivity contribution in [2.75, 3.05) is 56.2 Å². The maximum Gasteiger partial charge on any atom is 0.225 e. The minimum absolute atomic E-state index is 0.0716. The monoisotopic (exact) mass is 574 g/mol. The van der Waals surface area contributed by atoms with Gasteiger partial charge in [0.25, 0.3) is 0 Å². The molecule has 3 aromatic heterocycles. The van der Waals surface area contributed by atoms with Crippen LogP contribution in [0.25, 0.3) is 22.3 Å². The van der Waals surface area contributed by atoms with Gasteiger partial charge in [0.15, 0.2) is 10.8 Å². The largest absolute Gasteiger partial charge is 0.381 e. The molecule has 6 rings (SSSR count). The average molecular weight is 575 g/mol. The number of piperazine rings is 1. The fraction of sp³-hybridized carbons (Fsp3) is 0.414. The van der Waals surface area contributed by atoms with Gasteiger partial charge in [0, 0.05) is 64.5 Å². The summed E-state index contributed by atoms with van der Waals surface area (Å²) in [6.07, 6.45) is 3.45. The molecule has 0 bridgehead atoms. The quantitative estimate of drug-likeness (QED) is 0.333. The van der Waals surface area contributed by atoms with Crippen LogP contribution in [-0.4, -0.2) is 77.0 Å². The van der Waals surface area contributed by atoms with E-state index in [0.717, 1.165) is 42.8 Å². The molecule has 2 aliphatic rings. The molecule has 10 nitrogen and oxygen atoms in total. The highest BCUT2D eigenvalue weighted by Crippen LogP contribution is 2.38. The topological polar surface area (TPSA) is 103 Å². The van der Waals surface area contributed by atoms with Crippen LogP contribution < -0.4 is 9.80 Å². The molecule has 1 aromatic carbocycles. The fourth-order valence-corrected chi connectivity index (χ4v) is 6.40. The number of aromatic nitrogens is 4. The van der Waals surface area contributed by atoms with Crippen molar-refractivity contribution in [3.63, 3.8) is 0 Å². The SMILES string of the molecule is CCn1nc2ncc(N3CCN(C(=O)C4CCOCC4)CC3)cc2c1N(C)c1nc(-c2ccc(F)cc2)c(C#N)s1. The first-order valence-corrected chi connectivity index (χ1v) is 14.7. The van der Waals surface area contributed by atoms with Gasteiger partial charge >= 0.3 is 0 Å². The number of thiazole rings is 1. The second-order valence-electron chi connectivity index (χ2n) is 10.3. The predicted octanol–water partition coefficient (Wildman–Crippen LogP) is 4.43. The Balaban J connectivity index is 1.26. The van der Waals surface area contributed by atoms with Crippen molar-refractivity contribution in [2.45, 2.75) is 26.3 Å². The fourth-order valence-electron chi connectivity index (χ4n) is 5.55. The molecule has 2 aliphatic heterocycles. The number of benzene rings is 1. The van der Waals surface area contributed by atoms with Crippen LogP contribution in [0.2, 0.25) is 0 Å². The first-order chi connectivity index (χ1) is 20.0. The number of nitrogens with zero attached hydrogens (tertiary/aromatic N) is 8. The van der Waals surface area contributed by atoms with Crippen molar-refractivity contribution >= 4 is 44.9 Å². The number of carbonyl (C=O) groups excluding carboxylic acids is 1. The van der Waals surface area contributed by atoms with Crippen LogP contribution in [0.1, 0.15) is 24.6 Å². The van der Waals surface area contributed by atoms with Crippen LogP contribution >= 0.6 is 11.3 Å². The molecule has 12 heteroatoms. The molecule has 0 atom stereocenters. The summed E-state index contributed by atoms with van der Waals surface area (Å²) in [5.74, 6) is 0.806. The van der Waals surface area contributed by atoms with Gasteiger partial charge in [0.2, 0.25) is 5.91 Å². The number of rotatable bonds is 6. The van der Waals surface area contributed by atoms with E-state index in [0.29, 0.717) is 59.8 Å². The van der Waals surface area contributed by atoms with E-state index in [1.807, 2.05) is 34.6 Å². The summed E-state index contributed by atoms with van der Waals surface area (Å²) in [7, 11) is 1.91. The molecule has 0 aliphatic carbocycles. The van der Waals surface area contributed by atoms with Gasteiger partial charge in [-0.1, -0.05) is 11.3 Å². The number of halogens is 1. The van der Waals surface area contributed by atoms with E-state index < -0.39 is 0 Å². The molecule has 5 heterocycles. The van der Waals surface area contributed by atoms with Gasteiger partial charge in [-0.2, -0.15) is 10.4 Å². The number of carbonyl (C=O) groups is 1. The van der Waals surface area contributed by atoms with Crippen molar-refractivity contribution in [2.24, 2.45) is 5.92 Å². The molecule has 0 radical (unpaired) electrons. The molecule has 2 fully saturated rings. The van der Waals surface area contributed by atoms with E-state index in [1.165, 1.54) is 23.5 Å². The highest BCUT2D eigenvalue weighted by molar-refractivity contribution is 7.16. The number of pyridine rings is 1. The second kappa shape index (κ2) is 11.4. The molecule has 41 heavy (non-hydrogen) atoms. The number of fused-ring (bicyclic) bond motifs is 1. The molecule has 0 spiro atoms. The van der Waals surface area contributed by atoms with E-state index in [9.17, 15) is 14.4 Å². The number of amides is 1. The van der Waals surface area contributed by atoms with E-state index >= 15 is 0 Å². The molecular weight excluding hydrogens is 543 g/mol. The van der Waals surface area contributed by atoms with Gasteiger partial charge in [-0.3, -0.25) is 4.79 Å². The van der Waals surface area contributed by atoms with Crippen LogP contribution in [-0.2, 0) is 16.1 Å². The molecular formula is C29H31FN8O2S. The second-order valence-corrected chi connectivity index (χ2v) is 11.2. The summed E-state index contributed by atoms with van der Waals surface area (Å²) in [4.78, 5) is 29.1. The van der Waals surface area contributed by atoms with Crippen LogP contribution in [0.3, 0.4) is 0 Å². The lowest BCUT2D eigenvalue weighted by Crippen LogP contribution is -2.51. The summed E-state index contributed by atoms with van der Waals surface area (Å²) in [5.41, 5.74) is 2.82. The lowest BCUT2D eigenvalue weighted by atomic mass is 9.98. The zero-order chi connectivity index (χ0) is 28.5. The lowest BCUT2D eigenvalue weighted by Gasteiger charge is -2.38. The minimum atomic E-state index is -0.339. The molecule has 4 aromatic rings. The third-order valence-corrected chi connectivity index (χ3v) is 8.86. The number of aryl methyl sites for hydroxylation is 1. The van der Waals surface area contributed by atoms with Crippen LogP contribution in [0.4, 0.5) is 21.0 Å². The number of ether oxygens (including phenoxy) is 1. The Bertz CT molecular complexity index is 1600. The summed E-state index contributed by atoms with van der Waals surface area (Å²) >= 11 is 1.28. The molecule has 0 N–H and O–H groups in total. The molecule has 1 amide bonds. The van der Waals surface area contributed by atoms with Crippen LogP contribution in [0.5, 0.6) is 0 Å². The zero-order valence-electron chi connectivity index (χ0n) is 23.1. The molecule has 2 saturated heterocycles. The van der Waals surface area contributed by atoms with Crippen molar-refractivity contribution < 1.29 is 13.9 Å². The zero-order valence-corrected chi connectivity index (χ0v) is 23.9. The van der Waals surface area contributed by atoms with Crippen molar-refractivity contribution in [3.05, 3.63) is 47.2 Å². The van der Waals surface area contributed by atoms with Gasteiger partial charge in [-0.25, -0.2) is 19.0 Å². The van der Waals surface area contributed by atoms with Crippen molar-refractivity contribution in [1.29, 1.82) is 5.26 Å². The van der Waals surface area contributed by atoms with Gasteiger partial charge in [-0.05, 0) is 50.1 Å². The van der Waals surface area contributed by atoms with Gasteiger partial charge < -0.3 is 19.4 Å². The van der Waals surface area contributed by atoms with Crippen molar-refractivity contribution in [1.82, 2.24) is 24.6 Å². The number of hydrogen-bond donors (Lipinski definition) is 0. The van der Waals surface area contributed by atoms with Gasteiger partial charge in [-0.15, -0.1) is 0 Å². The highest BCUT2D eigenvalue weighted by Gasteiger charge is 2.29. The van der Waals surface area contributed by atoms with E-state index in [1.54, 1.807) is 12.1 Å². The third kappa shape index (κ3) is 5.23. The Morgan fingerprint density at radius 3 is 2.61 bits per heavy atom.